The highest BCUT2D eigenvalue weighted by molar-refractivity contribution is 6.05. The lowest BCUT2D eigenvalue weighted by molar-refractivity contribution is -0.127. The van der Waals surface area contributed by atoms with Crippen molar-refractivity contribution in [2.75, 3.05) is 13.1 Å². The van der Waals surface area contributed by atoms with Crippen LogP contribution in [0.25, 0.3) is 17.0 Å². The van der Waals surface area contributed by atoms with E-state index in [1.165, 1.54) is 6.26 Å². The Morgan fingerprint density at radius 3 is 2.48 bits per heavy atom. The van der Waals surface area contributed by atoms with Crippen molar-refractivity contribution < 1.29 is 14.0 Å². The molecule has 2 heterocycles. The van der Waals surface area contributed by atoms with Crippen LogP contribution in [0.2, 0.25) is 0 Å². The first-order chi connectivity index (χ1) is 14.0. The fraction of sp³-hybridized carbons (Fsp3) is 0.304. The summed E-state index contributed by atoms with van der Waals surface area (Å²) in [7, 11) is 1.96. The van der Waals surface area contributed by atoms with E-state index in [1.807, 2.05) is 55.9 Å². The average molecular weight is 393 g/mol. The Morgan fingerprint density at radius 1 is 1.10 bits per heavy atom. The van der Waals surface area contributed by atoms with Crippen LogP contribution < -0.4 is 5.32 Å². The van der Waals surface area contributed by atoms with Crippen LogP contribution in [0.4, 0.5) is 0 Å². The Labute approximate surface area is 170 Å². The molecular formula is C23H27N3O3. The van der Waals surface area contributed by atoms with E-state index in [-0.39, 0.29) is 17.4 Å². The smallest absolute Gasteiger partial charge is 0.291 e. The second-order valence-corrected chi connectivity index (χ2v) is 6.99. The molecule has 0 aliphatic carbocycles. The number of amides is 2. The molecule has 0 radical (unpaired) electrons. The summed E-state index contributed by atoms with van der Waals surface area (Å²) in [6.45, 7) is 5.34. The number of fused-ring (bicyclic) bond motifs is 1. The lowest BCUT2D eigenvalue weighted by Gasteiger charge is -2.23. The van der Waals surface area contributed by atoms with Crippen LogP contribution in [0.1, 0.15) is 42.8 Å². The molecule has 0 atom stereocenters. The lowest BCUT2D eigenvalue weighted by atomic mass is 10.1. The molecule has 0 unspecified atom stereocenters. The number of nitrogens with zero attached hydrogens (tertiary/aromatic N) is 2. The third-order valence-electron chi connectivity index (χ3n) is 4.73. The molecule has 1 aromatic carbocycles. The molecule has 6 nitrogen and oxygen atoms in total. The zero-order valence-electron chi connectivity index (χ0n) is 17.1. The van der Waals surface area contributed by atoms with Gasteiger partial charge in [-0.1, -0.05) is 32.0 Å². The summed E-state index contributed by atoms with van der Waals surface area (Å²) in [5.41, 5.74) is 2.17. The van der Waals surface area contributed by atoms with E-state index in [0.717, 1.165) is 29.3 Å². The molecule has 0 spiro atoms. The summed E-state index contributed by atoms with van der Waals surface area (Å²) in [6, 6.07) is 11.2. The second-order valence-electron chi connectivity index (χ2n) is 6.99. The number of aromatic nitrogens is 1. The van der Waals surface area contributed by atoms with Crippen LogP contribution in [0.5, 0.6) is 0 Å². The largest absolute Gasteiger partial charge is 0.459 e. The number of furan rings is 1. The summed E-state index contributed by atoms with van der Waals surface area (Å²) in [5.74, 6) is -0.469. The first-order valence-electron chi connectivity index (χ1n) is 9.95. The molecule has 3 aromatic rings. The number of aryl methyl sites for hydroxylation is 1. The molecule has 0 saturated heterocycles. The van der Waals surface area contributed by atoms with Gasteiger partial charge in [-0.15, -0.1) is 0 Å². The van der Waals surface area contributed by atoms with Gasteiger partial charge in [0.05, 0.1) is 6.26 Å². The van der Waals surface area contributed by atoms with E-state index in [9.17, 15) is 9.59 Å². The Balaban J connectivity index is 2.02. The van der Waals surface area contributed by atoms with Crippen molar-refractivity contribution in [2.24, 2.45) is 7.05 Å². The molecule has 0 bridgehead atoms. The molecule has 29 heavy (non-hydrogen) atoms. The maximum Gasteiger partial charge on any atom is 0.291 e. The molecule has 2 amide bonds. The molecule has 0 aliphatic heterocycles. The van der Waals surface area contributed by atoms with Gasteiger partial charge >= 0.3 is 0 Å². The van der Waals surface area contributed by atoms with Crippen LogP contribution in [0, 0.1) is 0 Å². The summed E-state index contributed by atoms with van der Waals surface area (Å²) >= 11 is 0. The van der Waals surface area contributed by atoms with Crippen molar-refractivity contribution in [3.63, 3.8) is 0 Å². The zero-order chi connectivity index (χ0) is 20.8. The van der Waals surface area contributed by atoms with Gasteiger partial charge in [-0.25, -0.2) is 0 Å². The minimum absolute atomic E-state index is 0.166. The number of rotatable bonds is 8. The van der Waals surface area contributed by atoms with E-state index < -0.39 is 5.91 Å². The maximum atomic E-state index is 13.3. The van der Waals surface area contributed by atoms with Crippen LogP contribution in [0.15, 0.2) is 59.0 Å². The van der Waals surface area contributed by atoms with Crippen LogP contribution in [-0.2, 0) is 11.8 Å². The van der Waals surface area contributed by atoms with Gasteiger partial charge in [0.25, 0.3) is 11.8 Å². The minimum Gasteiger partial charge on any atom is -0.459 e. The van der Waals surface area contributed by atoms with E-state index in [2.05, 4.69) is 5.32 Å². The molecule has 152 valence electrons. The number of benzene rings is 1. The first kappa shape index (κ1) is 20.5. The standard InChI is InChI=1S/C23H27N3O3/c1-4-12-26(13-5-2)23(28)19(24-22(27)21-11-8-14-29-21)15-17-16-25(3)20-10-7-6-9-18(17)20/h6-11,14-16H,4-5,12-13H2,1-3H3,(H,24,27). The second kappa shape index (κ2) is 9.28. The Bertz CT molecular complexity index is 1010. The Morgan fingerprint density at radius 2 is 1.83 bits per heavy atom. The van der Waals surface area contributed by atoms with Crippen molar-refractivity contribution in [3.05, 3.63) is 65.9 Å². The molecule has 2 aromatic heterocycles. The summed E-state index contributed by atoms with van der Waals surface area (Å²) in [5, 5.41) is 3.79. The van der Waals surface area contributed by atoms with E-state index in [0.29, 0.717) is 13.1 Å². The Hall–Kier alpha value is -3.28. The van der Waals surface area contributed by atoms with Gasteiger partial charge in [-0.3, -0.25) is 9.59 Å². The fourth-order valence-corrected chi connectivity index (χ4v) is 3.41. The average Bonchev–Trinajstić information content (AvgIpc) is 3.36. The third kappa shape index (κ3) is 4.59. The van der Waals surface area contributed by atoms with Gasteiger partial charge in [-0.05, 0) is 37.1 Å². The van der Waals surface area contributed by atoms with Gasteiger partial charge < -0.3 is 19.2 Å². The molecule has 1 N–H and O–H groups in total. The van der Waals surface area contributed by atoms with Crippen LogP contribution >= 0.6 is 0 Å². The van der Waals surface area contributed by atoms with E-state index in [1.54, 1.807) is 23.1 Å². The normalized spacial score (nSPS) is 11.6. The maximum absolute atomic E-state index is 13.3. The molecule has 0 aliphatic rings. The molecule has 0 fully saturated rings. The number of para-hydroxylation sites is 1. The number of carbonyl (C=O) groups is 2. The highest BCUT2D eigenvalue weighted by Crippen LogP contribution is 2.23. The summed E-state index contributed by atoms with van der Waals surface area (Å²) in [6.07, 6.45) is 6.84. The Kier molecular flexibility index (Phi) is 6.54. The minimum atomic E-state index is -0.442. The van der Waals surface area contributed by atoms with Gasteiger partial charge in [0.1, 0.15) is 5.70 Å². The number of hydrogen-bond donors (Lipinski definition) is 1. The molecular weight excluding hydrogens is 366 g/mol. The predicted molar refractivity (Wildman–Crippen MR) is 114 cm³/mol. The summed E-state index contributed by atoms with van der Waals surface area (Å²) in [4.78, 5) is 27.7. The number of nitrogens with one attached hydrogen (secondary N) is 1. The lowest BCUT2D eigenvalue weighted by Crippen LogP contribution is -2.39. The van der Waals surface area contributed by atoms with Crippen molar-refractivity contribution >= 4 is 28.8 Å². The monoisotopic (exact) mass is 393 g/mol. The molecule has 6 heteroatoms. The fourth-order valence-electron chi connectivity index (χ4n) is 3.41. The van der Waals surface area contributed by atoms with Gasteiger partial charge in [0.15, 0.2) is 5.76 Å². The quantitative estimate of drug-likeness (QED) is 0.584. The topological polar surface area (TPSA) is 67.5 Å². The van der Waals surface area contributed by atoms with Crippen molar-refractivity contribution in [2.45, 2.75) is 26.7 Å². The van der Waals surface area contributed by atoms with Crippen LogP contribution in [-0.4, -0.2) is 34.4 Å². The van der Waals surface area contributed by atoms with Crippen molar-refractivity contribution in [3.8, 4) is 0 Å². The zero-order valence-corrected chi connectivity index (χ0v) is 17.1. The molecule has 0 saturated carbocycles. The van der Waals surface area contributed by atoms with E-state index >= 15 is 0 Å². The third-order valence-corrected chi connectivity index (χ3v) is 4.73. The van der Waals surface area contributed by atoms with Crippen molar-refractivity contribution in [1.29, 1.82) is 0 Å². The van der Waals surface area contributed by atoms with Crippen LogP contribution in [0.3, 0.4) is 0 Å². The number of hydrogen-bond acceptors (Lipinski definition) is 3. The predicted octanol–water partition coefficient (Wildman–Crippen LogP) is 4.19. The summed E-state index contributed by atoms with van der Waals surface area (Å²) < 4.78 is 7.20. The highest BCUT2D eigenvalue weighted by Gasteiger charge is 2.21. The molecule has 3 rings (SSSR count). The van der Waals surface area contributed by atoms with Gasteiger partial charge in [0, 0.05) is 42.8 Å². The van der Waals surface area contributed by atoms with Gasteiger partial charge in [0.2, 0.25) is 0 Å². The highest BCUT2D eigenvalue weighted by atomic mass is 16.3. The van der Waals surface area contributed by atoms with Gasteiger partial charge in [-0.2, -0.15) is 0 Å². The number of carbonyl (C=O) groups excluding carboxylic acids is 2. The van der Waals surface area contributed by atoms with Crippen molar-refractivity contribution in [1.82, 2.24) is 14.8 Å². The van der Waals surface area contributed by atoms with E-state index in [4.69, 9.17) is 4.42 Å². The first-order valence-corrected chi connectivity index (χ1v) is 9.95. The SMILES string of the molecule is CCCN(CCC)C(=O)C(=Cc1cn(C)c2ccccc12)NC(=O)c1ccco1.